The van der Waals surface area contributed by atoms with E-state index in [1.54, 1.807) is 12.1 Å². The zero-order valence-electron chi connectivity index (χ0n) is 14.1. The molecule has 0 fully saturated rings. The Morgan fingerprint density at radius 2 is 1.79 bits per heavy atom. The van der Waals surface area contributed by atoms with E-state index in [0.29, 0.717) is 6.54 Å². The second-order valence-corrected chi connectivity index (χ2v) is 6.60. The van der Waals surface area contributed by atoms with Gasteiger partial charge in [0.2, 0.25) is 5.91 Å². The number of aryl methyl sites for hydroxylation is 1. The highest BCUT2D eigenvalue weighted by molar-refractivity contribution is 5.95. The highest BCUT2D eigenvalue weighted by Crippen LogP contribution is 2.33. The van der Waals surface area contributed by atoms with Crippen LogP contribution in [-0.2, 0) is 16.8 Å². The van der Waals surface area contributed by atoms with Crippen LogP contribution in [0.1, 0.15) is 30.7 Å². The molecule has 4 heteroatoms. The van der Waals surface area contributed by atoms with Gasteiger partial charge in [0.25, 0.3) is 0 Å². The normalized spacial score (nSPS) is 11.7. The molecule has 2 aromatic carbocycles. The molecule has 2 N–H and O–H groups in total. The van der Waals surface area contributed by atoms with Gasteiger partial charge < -0.3 is 10.3 Å². The van der Waals surface area contributed by atoms with Crippen LogP contribution in [-0.4, -0.2) is 10.9 Å². The summed E-state index contributed by atoms with van der Waals surface area (Å²) in [6.45, 7) is 6.22. The topological polar surface area (TPSA) is 44.9 Å². The number of hydrogen-bond donors (Lipinski definition) is 2. The van der Waals surface area contributed by atoms with Crippen LogP contribution in [0, 0.1) is 12.7 Å². The monoisotopic (exact) mass is 324 g/mol. The Kier molecular flexibility index (Phi) is 4.14. The van der Waals surface area contributed by atoms with E-state index in [1.807, 2.05) is 45.0 Å². The molecule has 1 heterocycles. The third-order valence-corrected chi connectivity index (χ3v) is 4.45. The van der Waals surface area contributed by atoms with Crippen molar-refractivity contribution in [1.29, 1.82) is 0 Å². The zero-order valence-corrected chi connectivity index (χ0v) is 14.1. The largest absolute Gasteiger partial charge is 0.358 e. The first kappa shape index (κ1) is 16.2. The molecule has 0 saturated carbocycles. The maximum absolute atomic E-state index is 13.0. The number of nitrogens with one attached hydrogen (secondary N) is 2. The number of hydrogen-bond acceptors (Lipinski definition) is 1. The number of rotatable bonds is 4. The van der Waals surface area contributed by atoms with Gasteiger partial charge in [-0.05, 0) is 50.1 Å². The predicted molar refractivity (Wildman–Crippen MR) is 94.3 cm³/mol. The van der Waals surface area contributed by atoms with Crippen molar-refractivity contribution in [3.05, 3.63) is 71.2 Å². The molecule has 3 rings (SSSR count). The summed E-state index contributed by atoms with van der Waals surface area (Å²) in [5.41, 5.74) is 3.23. The molecule has 0 radical (unpaired) electrons. The van der Waals surface area contributed by atoms with Gasteiger partial charge in [0, 0.05) is 23.1 Å². The number of halogens is 1. The number of H-pyrrole nitrogens is 1. The first-order chi connectivity index (χ1) is 11.4. The van der Waals surface area contributed by atoms with Crippen molar-refractivity contribution < 1.29 is 9.18 Å². The highest BCUT2D eigenvalue weighted by atomic mass is 19.1. The molecule has 0 atom stereocenters. The van der Waals surface area contributed by atoms with Crippen LogP contribution in [0.25, 0.3) is 10.9 Å². The minimum absolute atomic E-state index is 0.0559. The van der Waals surface area contributed by atoms with Crippen LogP contribution in [0.15, 0.2) is 48.5 Å². The quantitative estimate of drug-likeness (QED) is 0.742. The van der Waals surface area contributed by atoms with Crippen molar-refractivity contribution in [2.45, 2.75) is 32.7 Å². The van der Waals surface area contributed by atoms with Gasteiger partial charge in [-0.15, -0.1) is 0 Å². The van der Waals surface area contributed by atoms with E-state index in [2.05, 4.69) is 10.3 Å². The zero-order chi connectivity index (χ0) is 17.3. The average Bonchev–Trinajstić information content (AvgIpc) is 2.90. The summed E-state index contributed by atoms with van der Waals surface area (Å²) in [6, 6.07) is 14.2. The van der Waals surface area contributed by atoms with Crippen molar-refractivity contribution in [2.24, 2.45) is 0 Å². The van der Waals surface area contributed by atoms with Gasteiger partial charge in [0.15, 0.2) is 0 Å². The fourth-order valence-corrected chi connectivity index (χ4v) is 3.20. The SMILES string of the molecule is Cc1[nH]c2ccccc2c1C(C)(C)C(=O)NCc1ccc(F)cc1. The summed E-state index contributed by atoms with van der Waals surface area (Å²) in [5, 5.41) is 4.03. The van der Waals surface area contributed by atoms with Gasteiger partial charge in [0.05, 0.1) is 5.41 Å². The van der Waals surface area contributed by atoms with Gasteiger partial charge >= 0.3 is 0 Å². The third kappa shape index (κ3) is 2.92. The van der Waals surface area contributed by atoms with Crippen molar-refractivity contribution >= 4 is 16.8 Å². The lowest BCUT2D eigenvalue weighted by Crippen LogP contribution is -2.40. The number of carbonyl (C=O) groups is 1. The number of amides is 1. The maximum atomic E-state index is 13.0. The van der Waals surface area contributed by atoms with Gasteiger partial charge in [-0.1, -0.05) is 30.3 Å². The molecule has 0 aliphatic rings. The molecular formula is C20H21FN2O. The van der Waals surface area contributed by atoms with Crippen molar-refractivity contribution in [3.8, 4) is 0 Å². The Hall–Kier alpha value is -2.62. The van der Waals surface area contributed by atoms with Crippen LogP contribution in [0.3, 0.4) is 0 Å². The second kappa shape index (κ2) is 6.11. The number of para-hydroxylation sites is 1. The molecule has 3 nitrogen and oxygen atoms in total. The molecule has 0 unspecified atom stereocenters. The molecule has 0 saturated heterocycles. The smallest absolute Gasteiger partial charge is 0.230 e. The van der Waals surface area contributed by atoms with Crippen molar-refractivity contribution in [3.63, 3.8) is 0 Å². The van der Waals surface area contributed by atoms with Crippen molar-refractivity contribution in [1.82, 2.24) is 10.3 Å². The summed E-state index contributed by atoms with van der Waals surface area (Å²) >= 11 is 0. The molecule has 3 aromatic rings. The van der Waals surface area contributed by atoms with Gasteiger partial charge in [-0.2, -0.15) is 0 Å². The Morgan fingerprint density at radius 1 is 1.12 bits per heavy atom. The summed E-state index contributed by atoms with van der Waals surface area (Å²) in [5.74, 6) is -0.334. The number of aromatic amines is 1. The molecule has 1 aromatic heterocycles. The molecule has 1 amide bonds. The summed E-state index contributed by atoms with van der Waals surface area (Å²) in [7, 11) is 0. The first-order valence-electron chi connectivity index (χ1n) is 8.00. The van der Waals surface area contributed by atoms with Gasteiger partial charge in [-0.25, -0.2) is 4.39 Å². The predicted octanol–water partition coefficient (Wildman–Crippen LogP) is 4.21. The second-order valence-electron chi connectivity index (χ2n) is 6.60. The highest BCUT2D eigenvalue weighted by Gasteiger charge is 2.33. The molecular weight excluding hydrogens is 303 g/mol. The molecule has 0 spiro atoms. The number of aromatic nitrogens is 1. The van der Waals surface area contributed by atoms with Crippen molar-refractivity contribution in [2.75, 3.05) is 0 Å². The van der Waals surface area contributed by atoms with E-state index in [4.69, 9.17) is 0 Å². The minimum Gasteiger partial charge on any atom is -0.358 e. The van der Waals surface area contributed by atoms with Crippen LogP contribution >= 0.6 is 0 Å². The fourth-order valence-electron chi connectivity index (χ4n) is 3.20. The van der Waals surface area contributed by atoms with E-state index in [1.165, 1.54) is 12.1 Å². The van der Waals surface area contributed by atoms with Crippen LogP contribution in [0.2, 0.25) is 0 Å². The standard InChI is InChI=1S/C20H21FN2O/c1-13-18(16-6-4-5-7-17(16)23-13)20(2,3)19(24)22-12-14-8-10-15(21)11-9-14/h4-11,23H,12H2,1-3H3,(H,22,24). The summed E-state index contributed by atoms with van der Waals surface area (Å²) in [6.07, 6.45) is 0. The Balaban J connectivity index is 1.84. The summed E-state index contributed by atoms with van der Waals surface area (Å²) < 4.78 is 13.0. The molecule has 24 heavy (non-hydrogen) atoms. The van der Waals surface area contributed by atoms with E-state index < -0.39 is 5.41 Å². The molecule has 0 aliphatic carbocycles. The minimum atomic E-state index is -0.677. The Morgan fingerprint density at radius 3 is 2.50 bits per heavy atom. The molecule has 124 valence electrons. The first-order valence-corrected chi connectivity index (χ1v) is 8.00. The van der Waals surface area contributed by atoms with Crippen LogP contribution in [0.5, 0.6) is 0 Å². The van der Waals surface area contributed by atoms with Crippen LogP contribution in [0.4, 0.5) is 4.39 Å². The van der Waals surface area contributed by atoms with Crippen LogP contribution < -0.4 is 5.32 Å². The lowest BCUT2D eigenvalue weighted by Gasteiger charge is -2.24. The molecule has 0 aliphatic heterocycles. The van der Waals surface area contributed by atoms with E-state index >= 15 is 0 Å². The van der Waals surface area contributed by atoms with Gasteiger partial charge in [0.1, 0.15) is 5.82 Å². The van der Waals surface area contributed by atoms with E-state index in [9.17, 15) is 9.18 Å². The summed E-state index contributed by atoms with van der Waals surface area (Å²) in [4.78, 5) is 16.1. The lowest BCUT2D eigenvalue weighted by atomic mass is 9.81. The lowest BCUT2D eigenvalue weighted by molar-refractivity contribution is -0.125. The number of benzene rings is 2. The van der Waals surface area contributed by atoms with E-state index in [-0.39, 0.29) is 11.7 Å². The number of carbonyl (C=O) groups excluding carboxylic acids is 1. The third-order valence-electron chi connectivity index (χ3n) is 4.45. The van der Waals surface area contributed by atoms with E-state index in [0.717, 1.165) is 27.7 Å². The fraction of sp³-hybridized carbons (Fsp3) is 0.250. The Labute approximate surface area is 140 Å². The maximum Gasteiger partial charge on any atom is 0.230 e. The Bertz CT molecular complexity index is 878. The van der Waals surface area contributed by atoms with Gasteiger partial charge in [-0.3, -0.25) is 4.79 Å². The average molecular weight is 324 g/mol. The number of fused-ring (bicyclic) bond motifs is 1. The molecule has 0 bridgehead atoms.